The van der Waals surface area contributed by atoms with Crippen LogP contribution in [-0.2, 0) is 4.79 Å². The SMILES string of the molecule is CCN(C)/C=C/C(=O)O. The van der Waals surface area contributed by atoms with Crippen LogP contribution in [0.1, 0.15) is 6.92 Å². The minimum absolute atomic E-state index is 0.823. The van der Waals surface area contributed by atoms with Gasteiger partial charge in [-0.2, -0.15) is 0 Å². The highest BCUT2D eigenvalue weighted by atomic mass is 16.4. The topological polar surface area (TPSA) is 40.5 Å². The van der Waals surface area contributed by atoms with E-state index < -0.39 is 5.97 Å². The van der Waals surface area contributed by atoms with Crippen molar-refractivity contribution in [2.75, 3.05) is 13.6 Å². The van der Waals surface area contributed by atoms with Gasteiger partial charge in [0.2, 0.25) is 0 Å². The lowest BCUT2D eigenvalue weighted by Crippen LogP contribution is -2.09. The van der Waals surface area contributed by atoms with Crippen LogP contribution >= 0.6 is 0 Å². The van der Waals surface area contributed by atoms with Gasteiger partial charge < -0.3 is 10.0 Å². The zero-order chi connectivity index (χ0) is 7.28. The van der Waals surface area contributed by atoms with E-state index in [0.29, 0.717) is 0 Å². The van der Waals surface area contributed by atoms with Gasteiger partial charge in [0, 0.05) is 25.9 Å². The van der Waals surface area contributed by atoms with Crippen molar-refractivity contribution in [2.24, 2.45) is 0 Å². The highest BCUT2D eigenvalue weighted by Gasteiger charge is 1.86. The molecule has 0 spiro atoms. The molecule has 9 heavy (non-hydrogen) atoms. The standard InChI is InChI=1S/C6H11NO2/c1-3-7(2)5-4-6(8)9/h4-5H,3H2,1-2H3,(H,8,9)/b5-4+. The Kier molecular flexibility index (Phi) is 3.51. The van der Waals surface area contributed by atoms with E-state index in [1.807, 2.05) is 14.0 Å². The second-order valence-corrected chi connectivity index (χ2v) is 1.73. The van der Waals surface area contributed by atoms with E-state index in [4.69, 9.17) is 5.11 Å². The first-order valence-electron chi connectivity index (χ1n) is 2.78. The molecule has 0 aromatic carbocycles. The highest BCUT2D eigenvalue weighted by Crippen LogP contribution is 1.81. The Balaban J connectivity index is 3.56. The maximum absolute atomic E-state index is 9.91. The van der Waals surface area contributed by atoms with Crippen molar-refractivity contribution in [3.63, 3.8) is 0 Å². The van der Waals surface area contributed by atoms with Crippen molar-refractivity contribution in [1.29, 1.82) is 0 Å². The number of carboxylic acids is 1. The summed E-state index contributed by atoms with van der Waals surface area (Å²) in [6, 6.07) is 0. The third-order valence-electron chi connectivity index (χ3n) is 0.970. The molecule has 0 bridgehead atoms. The number of carboxylic acid groups (broad SMARTS) is 1. The van der Waals surface area contributed by atoms with Crippen LogP contribution < -0.4 is 0 Å². The van der Waals surface area contributed by atoms with E-state index in [1.165, 1.54) is 6.20 Å². The molecule has 0 saturated carbocycles. The molecular formula is C6H11NO2. The molecule has 0 aromatic rings. The molecule has 3 heteroatoms. The quantitative estimate of drug-likeness (QED) is 0.565. The van der Waals surface area contributed by atoms with Crippen LogP contribution in [-0.4, -0.2) is 29.6 Å². The minimum atomic E-state index is -0.907. The van der Waals surface area contributed by atoms with Gasteiger partial charge in [-0.15, -0.1) is 0 Å². The Morgan fingerprint density at radius 1 is 1.78 bits per heavy atom. The van der Waals surface area contributed by atoms with Crippen LogP contribution in [0, 0.1) is 0 Å². The van der Waals surface area contributed by atoms with E-state index in [2.05, 4.69) is 0 Å². The second-order valence-electron chi connectivity index (χ2n) is 1.73. The van der Waals surface area contributed by atoms with Crippen molar-refractivity contribution >= 4 is 5.97 Å². The number of nitrogens with zero attached hydrogens (tertiary/aromatic N) is 1. The molecular weight excluding hydrogens is 118 g/mol. The Labute approximate surface area is 54.6 Å². The zero-order valence-corrected chi connectivity index (χ0v) is 5.66. The lowest BCUT2D eigenvalue weighted by molar-refractivity contribution is -0.131. The van der Waals surface area contributed by atoms with Gasteiger partial charge in [0.05, 0.1) is 0 Å². The van der Waals surface area contributed by atoms with Gasteiger partial charge in [-0.05, 0) is 6.92 Å². The van der Waals surface area contributed by atoms with Gasteiger partial charge >= 0.3 is 5.97 Å². The van der Waals surface area contributed by atoms with Gasteiger partial charge in [-0.1, -0.05) is 0 Å². The number of aliphatic carboxylic acids is 1. The van der Waals surface area contributed by atoms with E-state index in [9.17, 15) is 4.79 Å². The number of rotatable bonds is 3. The van der Waals surface area contributed by atoms with E-state index >= 15 is 0 Å². The van der Waals surface area contributed by atoms with E-state index in [0.717, 1.165) is 12.6 Å². The van der Waals surface area contributed by atoms with Crippen LogP contribution in [0.25, 0.3) is 0 Å². The molecule has 0 amide bonds. The van der Waals surface area contributed by atoms with Crippen molar-refractivity contribution in [3.05, 3.63) is 12.3 Å². The maximum atomic E-state index is 9.91. The summed E-state index contributed by atoms with van der Waals surface area (Å²) in [5, 5.41) is 8.14. The molecule has 0 saturated heterocycles. The fourth-order valence-electron chi connectivity index (χ4n) is 0.296. The summed E-state index contributed by atoms with van der Waals surface area (Å²) < 4.78 is 0. The molecule has 0 radical (unpaired) electrons. The molecule has 0 aliphatic rings. The number of carbonyl (C=O) groups is 1. The maximum Gasteiger partial charge on any atom is 0.329 e. The van der Waals surface area contributed by atoms with Crippen LogP contribution in [0.15, 0.2) is 12.3 Å². The molecule has 0 aliphatic heterocycles. The van der Waals surface area contributed by atoms with Gasteiger partial charge in [-0.3, -0.25) is 0 Å². The summed E-state index contributed by atoms with van der Waals surface area (Å²) in [5.41, 5.74) is 0. The van der Waals surface area contributed by atoms with Gasteiger partial charge in [0.1, 0.15) is 0 Å². The Morgan fingerprint density at radius 3 is 2.67 bits per heavy atom. The molecule has 0 heterocycles. The first kappa shape index (κ1) is 8.01. The Hall–Kier alpha value is -0.990. The zero-order valence-electron chi connectivity index (χ0n) is 5.66. The van der Waals surface area contributed by atoms with Crippen LogP contribution in [0.2, 0.25) is 0 Å². The highest BCUT2D eigenvalue weighted by molar-refractivity contribution is 5.79. The molecule has 1 N–H and O–H groups in total. The lowest BCUT2D eigenvalue weighted by Gasteiger charge is -2.07. The van der Waals surface area contributed by atoms with Crippen LogP contribution in [0.4, 0.5) is 0 Å². The van der Waals surface area contributed by atoms with Crippen molar-refractivity contribution < 1.29 is 9.90 Å². The predicted molar refractivity (Wildman–Crippen MR) is 35.1 cm³/mol. The van der Waals surface area contributed by atoms with Gasteiger partial charge in [0.15, 0.2) is 0 Å². The first-order valence-corrected chi connectivity index (χ1v) is 2.78. The monoisotopic (exact) mass is 129 g/mol. The molecule has 0 aliphatic carbocycles. The molecule has 0 aromatic heterocycles. The fraction of sp³-hybridized carbons (Fsp3) is 0.500. The third-order valence-corrected chi connectivity index (χ3v) is 0.970. The van der Waals surface area contributed by atoms with Crippen molar-refractivity contribution in [1.82, 2.24) is 4.90 Å². The minimum Gasteiger partial charge on any atom is -0.478 e. The van der Waals surface area contributed by atoms with E-state index in [-0.39, 0.29) is 0 Å². The third kappa shape index (κ3) is 4.87. The molecule has 52 valence electrons. The van der Waals surface area contributed by atoms with Gasteiger partial charge in [0.25, 0.3) is 0 Å². The van der Waals surface area contributed by atoms with Crippen LogP contribution in [0.3, 0.4) is 0 Å². The van der Waals surface area contributed by atoms with Crippen LogP contribution in [0.5, 0.6) is 0 Å². The van der Waals surface area contributed by atoms with Crippen molar-refractivity contribution in [3.8, 4) is 0 Å². The molecule has 0 rings (SSSR count). The summed E-state index contributed by atoms with van der Waals surface area (Å²) in [4.78, 5) is 11.7. The number of hydrogen-bond donors (Lipinski definition) is 1. The summed E-state index contributed by atoms with van der Waals surface area (Å²) in [5.74, 6) is -0.907. The molecule has 0 fully saturated rings. The molecule has 0 unspecified atom stereocenters. The first-order chi connectivity index (χ1) is 4.16. The Bertz CT molecular complexity index is 120. The predicted octanol–water partition coefficient (Wildman–Crippen LogP) is 0.536. The van der Waals surface area contributed by atoms with Gasteiger partial charge in [-0.25, -0.2) is 4.79 Å². The summed E-state index contributed by atoms with van der Waals surface area (Å²) in [6.07, 6.45) is 2.64. The average Bonchev–Trinajstić information content (AvgIpc) is 1.83. The summed E-state index contributed by atoms with van der Waals surface area (Å²) >= 11 is 0. The summed E-state index contributed by atoms with van der Waals surface area (Å²) in [7, 11) is 1.82. The second kappa shape index (κ2) is 3.95. The van der Waals surface area contributed by atoms with E-state index in [1.54, 1.807) is 4.90 Å². The van der Waals surface area contributed by atoms with Crippen molar-refractivity contribution in [2.45, 2.75) is 6.92 Å². The molecule has 3 nitrogen and oxygen atoms in total. The normalized spacial score (nSPS) is 10.0. The summed E-state index contributed by atoms with van der Waals surface area (Å²) in [6.45, 7) is 2.77. The molecule has 0 atom stereocenters. The number of hydrogen-bond acceptors (Lipinski definition) is 2. The largest absolute Gasteiger partial charge is 0.478 e. The lowest BCUT2D eigenvalue weighted by atomic mass is 10.5. The smallest absolute Gasteiger partial charge is 0.329 e. The Morgan fingerprint density at radius 2 is 2.33 bits per heavy atom. The fourth-order valence-corrected chi connectivity index (χ4v) is 0.296. The average molecular weight is 129 g/mol.